The van der Waals surface area contributed by atoms with Gasteiger partial charge >= 0.3 is 7.52 Å². The van der Waals surface area contributed by atoms with Crippen molar-refractivity contribution in [3.8, 4) is 5.81 Å². The summed E-state index contributed by atoms with van der Waals surface area (Å²) in [5.74, 6) is 1.69. The minimum atomic E-state index is -3.15. The summed E-state index contributed by atoms with van der Waals surface area (Å²) < 4.78 is 17.7. The fourth-order valence-electron chi connectivity index (χ4n) is 0.565. The molecule has 0 aromatic rings. The molecule has 11 heavy (non-hydrogen) atoms. The summed E-state index contributed by atoms with van der Waals surface area (Å²) in [7, 11) is -1.54. The zero-order valence-electron chi connectivity index (χ0n) is 7.07. The van der Waals surface area contributed by atoms with Crippen LogP contribution in [0.1, 0.15) is 13.8 Å². The number of hydrogen-bond acceptors (Lipinski definition) is 3. The summed E-state index contributed by atoms with van der Waals surface area (Å²) >= 11 is 0. The van der Waals surface area contributed by atoms with Crippen LogP contribution in [0, 0.1) is 11.1 Å². The molecule has 0 fully saturated rings. The zero-order chi connectivity index (χ0) is 8.91. The van der Waals surface area contributed by atoms with Gasteiger partial charge in [-0.1, -0.05) is 6.92 Å². The van der Waals surface area contributed by atoms with Gasteiger partial charge in [0.05, 0.1) is 6.61 Å². The van der Waals surface area contributed by atoms with E-state index < -0.39 is 7.52 Å². The van der Waals surface area contributed by atoms with Crippen LogP contribution >= 0.6 is 7.52 Å². The highest BCUT2D eigenvalue weighted by molar-refractivity contribution is 7.61. The van der Waals surface area contributed by atoms with Gasteiger partial charge in [-0.25, -0.2) is 4.67 Å². The second-order valence-electron chi connectivity index (χ2n) is 2.01. The zero-order valence-corrected chi connectivity index (χ0v) is 7.97. The summed E-state index contributed by atoms with van der Waals surface area (Å²) in [4.78, 5) is 0. The standard InChI is InChI=1S/C6H13N2O2P/c1-4-8(3)11(9,6-7)10-5-2/h4-5H2,1-3H3. The molecule has 0 radical (unpaired) electrons. The molecule has 0 saturated heterocycles. The van der Waals surface area contributed by atoms with Gasteiger partial charge in [0, 0.05) is 6.54 Å². The smallest absolute Gasteiger partial charge is 0.307 e. The minimum Gasteiger partial charge on any atom is -0.307 e. The SMILES string of the molecule is CCOP(=O)(C#N)N(C)CC. The molecular weight excluding hydrogens is 163 g/mol. The van der Waals surface area contributed by atoms with E-state index in [1.165, 1.54) is 4.67 Å². The molecule has 1 unspecified atom stereocenters. The lowest BCUT2D eigenvalue weighted by molar-refractivity contribution is 0.298. The molecule has 0 aliphatic carbocycles. The molecule has 0 saturated carbocycles. The molecule has 0 spiro atoms. The van der Waals surface area contributed by atoms with E-state index in [0.29, 0.717) is 13.2 Å². The van der Waals surface area contributed by atoms with Crippen LogP contribution < -0.4 is 0 Å². The van der Waals surface area contributed by atoms with E-state index in [1.54, 1.807) is 19.8 Å². The quantitative estimate of drug-likeness (QED) is 0.611. The molecule has 0 aromatic heterocycles. The predicted molar refractivity (Wildman–Crippen MR) is 43.1 cm³/mol. The largest absolute Gasteiger partial charge is 0.370 e. The van der Waals surface area contributed by atoms with Crippen LogP contribution in [0.15, 0.2) is 0 Å². The molecule has 0 aliphatic rings. The molecule has 0 rings (SSSR count). The lowest BCUT2D eigenvalue weighted by Gasteiger charge is -2.19. The Morgan fingerprint density at radius 2 is 2.18 bits per heavy atom. The Balaban J connectivity index is 4.37. The highest BCUT2D eigenvalue weighted by atomic mass is 31.2. The van der Waals surface area contributed by atoms with Crippen molar-refractivity contribution in [3.63, 3.8) is 0 Å². The van der Waals surface area contributed by atoms with E-state index in [0.717, 1.165) is 0 Å². The van der Waals surface area contributed by atoms with Crippen LogP contribution in [0.25, 0.3) is 0 Å². The first-order chi connectivity index (χ1) is 5.10. The van der Waals surface area contributed by atoms with Crippen LogP contribution in [0.2, 0.25) is 0 Å². The van der Waals surface area contributed by atoms with Gasteiger partial charge in [-0.2, -0.15) is 5.26 Å². The maximum absolute atomic E-state index is 11.5. The Hall–Kier alpha value is -0.360. The molecule has 0 aliphatic heterocycles. The molecule has 5 heteroatoms. The molecule has 64 valence electrons. The van der Waals surface area contributed by atoms with Gasteiger partial charge in [0.2, 0.25) is 0 Å². The van der Waals surface area contributed by atoms with Gasteiger partial charge in [-0.15, -0.1) is 0 Å². The Kier molecular flexibility index (Phi) is 4.36. The predicted octanol–water partition coefficient (Wildman–Crippen LogP) is 1.65. The van der Waals surface area contributed by atoms with Crippen molar-refractivity contribution in [1.29, 1.82) is 5.26 Å². The van der Waals surface area contributed by atoms with Crippen molar-refractivity contribution in [3.05, 3.63) is 0 Å². The summed E-state index contributed by atoms with van der Waals surface area (Å²) in [6.45, 7) is 4.39. The van der Waals surface area contributed by atoms with Gasteiger partial charge in [0.25, 0.3) is 0 Å². The monoisotopic (exact) mass is 176 g/mol. The van der Waals surface area contributed by atoms with Crippen molar-refractivity contribution < 1.29 is 9.09 Å². The van der Waals surface area contributed by atoms with Crippen molar-refractivity contribution >= 4 is 7.52 Å². The second kappa shape index (κ2) is 4.50. The molecule has 0 amide bonds. The van der Waals surface area contributed by atoms with Crippen molar-refractivity contribution in [2.75, 3.05) is 20.2 Å². The lowest BCUT2D eigenvalue weighted by atomic mass is 10.8. The second-order valence-corrected chi connectivity index (χ2v) is 4.19. The van der Waals surface area contributed by atoms with E-state index in [1.807, 2.05) is 6.92 Å². The molecule has 0 bridgehead atoms. The van der Waals surface area contributed by atoms with Crippen LogP contribution in [-0.2, 0) is 9.09 Å². The van der Waals surface area contributed by atoms with Gasteiger partial charge in [0.15, 0.2) is 5.81 Å². The first-order valence-corrected chi connectivity index (χ1v) is 5.06. The van der Waals surface area contributed by atoms with Crippen LogP contribution in [-0.4, -0.2) is 24.9 Å². The summed E-state index contributed by atoms with van der Waals surface area (Å²) in [5, 5.41) is 8.54. The van der Waals surface area contributed by atoms with Crippen LogP contribution in [0.5, 0.6) is 0 Å². The highest BCUT2D eigenvalue weighted by Crippen LogP contribution is 2.47. The Labute approximate surface area is 67.3 Å². The molecule has 0 heterocycles. The van der Waals surface area contributed by atoms with E-state index >= 15 is 0 Å². The average Bonchev–Trinajstić information content (AvgIpc) is 2.03. The van der Waals surface area contributed by atoms with Gasteiger partial charge < -0.3 is 4.52 Å². The Bertz CT molecular complexity index is 199. The number of hydrogen-bond donors (Lipinski definition) is 0. The molecule has 0 N–H and O–H groups in total. The first kappa shape index (κ1) is 10.6. The Morgan fingerprint density at radius 3 is 2.45 bits per heavy atom. The first-order valence-electron chi connectivity index (χ1n) is 3.48. The van der Waals surface area contributed by atoms with Crippen LogP contribution in [0.3, 0.4) is 0 Å². The van der Waals surface area contributed by atoms with Gasteiger partial charge in [-0.3, -0.25) is 4.57 Å². The topological polar surface area (TPSA) is 53.3 Å². The van der Waals surface area contributed by atoms with Crippen molar-refractivity contribution in [1.82, 2.24) is 4.67 Å². The summed E-state index contributed by atoms with van der Waals surface area (Å²) in [5.41, 5.74) is 0. The normalized spacial score (nSPS) is 15.9. The summed E-state index contributed by atoms with van der Waals surface area (Å²) in [6.07, 6.45) is 0. The summed E-state index contributed by atoms with van der Waals surface area (Å²) in [6, 6.07) is 0. The van der Waals surface area contributed by atoms with E-state index in [2.05, 4.69) is 0 Å². The average molecular weight is 176 g/mol. The Morgan fingerprint density at radius 1 is 1.64 bits per heavy atom. The molecule has 1 atom stereocenters. The number of nitriles is 1. The van der Waals surface area contributed by atoms with E-state index in [9.17, 15) is 4.57 Å². The molecule has 0 aromatic carbocycles. The van der Waals surface area contributed by atoms with Gasteiger partial charge in [-0.05, 0) is 14.0 Å². The fourth-order valence-corrected chi connectivity index (χ4v) is 1.69. The maximum Gasteiger partial charge on any atom is 0.370 e. The van der Waals surface area contributed by atoms with Crippen molar-refractivity contribution in [2.24, 2.45) is 0 Å². The maximum atomic E-state index is 11.5. The van der Waals surface area contributed by atoms with Gasteiger partial charge in [0.1, 0.15) is 0 Å². The lowest BCUT2D eigenvalue weighted by Crippen LogP contribution is -2.14. The third kappa shape index (κ3) is 2.63. The van der Waals surface area contributed by atoms with E-state index in [-0.39, 0.29) is 0 Å². The van der Waals surface area contributed by atoms with Crippen LogP contribution in [0.4, 0.5) is 0 Å². The minimum absolute atomic E-state index is 0.301. The molecule has 4 nitrogen and oxygen atoms in total. The van der Waals surface area contributed by atoms with Crippen molar-refractivity contribution in [2.45, 2.75) is 13.8 Å². The third-order valence-corrected chi connectivity index (χ3v) is 3.38. The third-order valence-electron chi connectivity index (χ3n) is 1.34. The van der Waals surface area contributed by atoms with E-state index in [4.69, 9.17) is 9.79 Å². The molecular formula is C6H13N2O2P. The fraction of sp³-hybridized carbons (Fsp3) is 0.833. The number of nitrogens with zero attached hydrogens (tertiary/aromatic N) is 2. The number of rotatable bonds is 4. The highest BCUT2D eigenvalue weighted by Gasteiger charge is 2.26.